The molecule has 3 rings (SSSR count). The Kier molecular flexibility index (Phi) is 10.2. The van der Waals surface area contributed by atoms with Gasteiger partial charge in [0.25, 0.3) is 0 Å². The molecule has 38 heavy (non-hydrogen) atoms. The third-order valence-corrected chi connectivity index (χ3v) is 13.0. The molecular formula is C28H43NO7S2. The van der Waals surface area contributed by atoms with Gasteiger partial charge in [0.15, 0.2) is 15.6 Å². The number of Topliss-reactive ketones (excluding diaryl/α,β-unsaturated/α-hetero) is 1. The van der Waals surface area contributed by atoms with Crippen molar-refractivity contribution < 1.29 is 31.1 Å². The number of hydrogen-bond donors (Lipinski definition) is 0. The fraction of sp³-hybridized carbons (Fsp3) is 0.679. The predicted molar refractivity (Wildman–Crippen MR) is 149 cm³/mol. The summed E-state index contributed by atoms with van der Waals surface area (Å²) < 4.78 is 63.8. The number of piperidine rings is 1. The highest BCUT2D eigenvalue weighted by Crippen LogP contribution is 2.39. The van der Waals surface area contributed by atoms with Crippen LogP contribution in [0.15, 0.2) is 41.8 Å². The first-order valence-corrected chi connectivity index (χ1v) is 16.7. The SMILES string of the molecule is C=CCC(=O)C1(S(=O)(=O)c2ccc(OCCCS(=O)(=O)N3CCC(C(C)(C)CC)CC3)cc2)CCOCC1. The monoisotopic (exact) mass is 569 g/mol. The second kappa shape index (κ2) is 12.6. The second-order valence-corrected chi connectivity index (χ2v) is 15.4. The molecule has 2 aliphatic rings. The highest BCUT2D eigenvalue weighted by atomic mass is 32.2. The minimum atomic E-state index is -3.95. The second-order valence-electron chi connectivity index (χ2n) is 11.0. The first-order chi connectivity index (χ1) is 17.9. The van der Waals surface area contributed by atoms with Gasteiger partial charge in [-0.3, -0.25) is 4.79 Å². The summed E-state index contributed by atoms with van der Waals surface area (Å²) in [6.07, 6.45) is 4.84. The molecule has 2 saturated heterocycles. The lowest BCUT2D eigenvalue weighted by atomic mass is 9.72. The number of carbonyl (C=O) groups is 1. The van der Waals surface area contributed by atoms with Crippen LogP contribution in [-0.4, -0.2) is 70.3 Å². The van der Waals surface area contributed by atoms with Gasteiger partial charge in [0, 0.05) is 32.7 Å². The number of hydrogen-bond acceptors (Lipinski definition) is 7. The zero-order valence-electron chi connectivity index (χ0n) is 23.0. The molecule has 0 radical (unpaired) electrons. The number of allylic oxidation sites excluding steroid dienone is 1. The van der Waals surface area contributed by atoms with Crippen LogP contribution in [-0.2, 0) is 29.4 Å². The van der Waals surface area contributed by atoms with Crippen LogP contribution in [0.2, 0.25) is 0 Å². The maximum absolute atomic E-state index is 13.5. The molecule has 214 valence electrons. The fourth-order valence-corrected chi connectivity index (χ4v) is 8.96. The van der Waals surface area contributed by atoms with Gasteiger partial charge < -0.3 is 9.47 Å². The van der Waals surface area contributed by atoms with Crippen LogP contribution in [0.1, 0.15) is 65.7 Å². The summed E-state index contributed by atoms with van der Waals surface area (Å²) in [5.41, 5.74) is 0.227. The Morgan fingerprint density at radius 2 is 1.74 bits per heavy atom. The number of benzene rings is 1. The molecule has 0 unspecified atom stereocenters. The topological polar surface area (TPSA) is 107 Å². The molecule has 2 aliphatic heterocycles. The lowest BCUT2D eigenvalue weighted by Gasteiger charge is -2.39. The third-order valence-electron chi connectivity index (χ3n) is 8.47. The Hall–Kier alpha value is -1.75. The molecule has 10 heteroatoms. The van der Waals surface area contributed by atoms with E-state index in [1.54, 1.807) is 16.4 Å². The molecule has 0 aliphatic carbocycles. The van der Waals surface area contributed by atoms with Crippen molar-refractivity contribution in [2.24, 2.45) is 11.3 Å². The van der Waals surface area contributed by atoms with Crippen molar-refractivity contribution >= 4 is 25.6 Å². The van der Waals surface area contributed by atoms with Gasteiger partial charge in [0.2, 0.25) is 10.0 Å². The van der Waals surface area contributed by atoms with Crippen LogP contribution in [0.25, 0.3) is 0 Å². The Bertz CT molecular complexity index is 1160. The molecule has 2 fully saturated rings. The van der Waals surface area contributed by atoms with E-state index in [1.807, 2.05) is 0 Å². The summed E-state index contributed by atoms with van der Waals surface area (Å²) in [4.78, 5) is 12.9. The summed E-state index contributed by atoms with van der Waals surface area (Å²) in [6, 6.07) is 5.99. The normalized spacial score (nSPS) is 19.7. The van der Waals surface area contributed by atoms with Crippen LogP contribution in [0.4, 0.5) is 0 Å². The third kappa shape index (κ3) is 6.69. The van der Waals surface area contributed by atoms with E-state index in [2.05, 4.69) is 27.4 Å². The standard InChI is InChI=1S/C28H43NO7S2/c1-5-8-26(30)28(15-20-35-21-16-28)38(33,34)25-11-9-24(10-12-25)36-19-7-22-37(31,32)29-17-13-23(14-18-29)27(3,4)6-2/h5,9-12,23H,1,6-8,13-22H2,2-4H3. The van der Waals surface area contributed by atoms with Gasteiger partial charge in [-0.15, -0.1) is 6.58 Å². The van der Waals surface area contributed by atoms with Crippen LogP contribution in [0.3, 0.4) is 0 Å². The molecule has 0 spiro atoms. The van der Waals surface area contributed by atoms with E-state index in [1.165, 1.54) is 18.2 Å². The van der Waals surface area contributed by atoms with E-state index in [4.69, 9.17) is 9.47 Å². The van der Waals surface area contributed by atoms with Gasteiger partial charge in [0.05, 0.1) is 17.3 Å². The first kappa shape index (κ1) is 30.8. The molecule has 0 atom stereocenters. The van der Waals surface area contributed by atoms with Crippen molar-refractivity contribution in [3.8, 4) is 5.75 Å². The van der Waals surface area contributed by atoms with Crippen molar-refractivity contribution in [3.63, 3.8) is 0 Å². The number of sulfonamides is 1. The van der Waals surface area contributed by atoms with Crippen molar-refractivity contribution in [1.29, 1.82) is 0 Å². The molecular weight excluding hydrogens is 526 g/mol. The van der Waals surface area contributed by atoms with Crippen molar-refractivity contribution in [1.82, 2.24) is 4.31 Å². The molecule has 1 aromatic rings. The van der Waals surface area contributed by atoms with Gasteiger partial charge in [-0.05, 0) is 67.7 Å². The largest absolute Gasteiger partial charge is 0.494 e. The Morgan fingerprint density at radius 3 is 2.29 bits per heavy atom. The minimum Gasteiger partial charge on any atom is -0.494 e. The smallest absolute Gasteiger partial charge is 0.214 e. The van der Waals surface area contributed by atoms with E-state index in [-0.39, 0.29) is 60.9 Å². The van der Waals surface area contributed by atoms with Crippen LogP contribution in [0, 0.1) is 11.3 Å². The quantitative estimate of drug-likeness (QED) is 0.256. The van der Waals surface area contributed by atoms with E-state index in [0.29, 0.717) is 31.2 Å². The number of sulfone groups is 1. The molecule has 1 aromatic carbocycles. The fourth-order valence-electron chi connectivity index (χ4n) is 5.42. The molecule has 0 N–H and O–H groups in total. The maximum atomic E-state index is 13.5. The van der Waals surface area contributed by atoms with Gasteiger partial charge in [-0.2, -0.15) is 0 Å². The molecule has 0 aromatic heterocycles. The Balaban J connectivity index is 1.55. The highest BCUT2D eigenvalue weighted by molar-refractivity contribution is 7.93. The van der Waals surface area contributed by atoms with Crippen LogP contribution in [0.5, 0.6) is 5.75 Å². The minimum absolute atomic E-state index is 0.0112. The van der Waals surface area contributed by atoms with E-state index in [0.717, 1.165) is 19.3 Å². The van der Waals surface area contributed by atoms with E-state index in [9.17, 15) is 21.6 Å². The van der Waals surface area contributed by atoms with Crippen molar-refractivity contribution in [3.05, 3.63) is 36.9 Å². The van der Waals surface area contributed by atoms with E-state index >= 15 is 0 Å². The van der Waals surface area contributed by atoms with Crippen LogP contribution < -0.4 is 4.74 Å². The number of carbonyl (C=O) groups excluding carboxylic acids is 1. The Morgan fingerprint density at radius 1 is 1.13 bits per heavy atom. The lowest BCUT2D eigenvalue weighted by molar-refractivity contribution is -0.123. The zero-order valence-corrected chi connectivity index (χ0v) is 24.6. The van der Waals surface area contributed by atoms with Crippen LogP contribution >= 0.6 is 0 Å². The predicted octanol–water partition coefficient (Wildman–Crippen LogP) is 4.40. The summed E-state index contributed by atoms with van der Waals surface area (Å²) in [5, 5.41) is 0. The highest BCUT2D eigenvalue weighted by Gasteiger charge is 2.51. The van der Waals surface area contributed by atoms with Crippen molar-refractivity contribution in [2.75, 3.05) is 38.7 Å². The van der Waals surface area contributed by atoms with Gasteiger partial charge in [-0.25, -0.2) is 21.1 Å². The van der Waals surface area contributed by atoms with Crippen molar-refractivity contribution in [2.45, 2.75) is 75.4 Å². The van der Waals surface area contributed by atoms with Gasteiger partial charge in [-0.1, -0.05) is 33.3 Å². The van der Waals surface area contributed by atoms with Gasteiger partial charge in [0.1, 0.15) is 10.5 Å². The summed E-state index contributed by atoms with van der Waals surface area (Å²) in [6.45, 7) is 12.0. The summed E-state index contributed by atoms with van der Waals surface area (Å²) >= 11 is 0. The molecule has 2 heterocycles. The number of nitrogens with zero attached hydrogens (tertiary/aromatic N) is 1. The first-order valence-electron chi connectivity index (χ1n) is 13.6. The molecule has 0 saturated carbocycles. The summed E-state index contributed by atoms with van der Waals surface area (Å²) in [5.74, 6) is 0.630. The average molecular weight is 570 g/mol. The number of rotatable bonds is 13. The van der Waals surface area contributed by atoms with E-state index < -0.39 is 24.6 Å². The molecule has 0 bridgehead atoms. The maximum Gasteiger partial charge on any atom is 0.214 e. The molecule has 0 amide bonds. The average Bonchev–Trinajstić information content (AvgIpc) is 2.92. The zero-order chi connectivity index (χ0) is 28.0. The van der Waals surface area contributed by atoms with Gasteiger partial charge >= 0.3 is 0 Å². The number of ketones is 1. The summed E-state index contributed by atoms with van der Waals surface area (Å²) in [7, 11) is -7.30. The Labute approximate surface area is 228 Å². The molecule has 8 nitrogen and oxygen atoms in total. The number of ether oxygens (including phenoxy) is 2. The lowest BCUT2D eigenvalue weighted by Crippen LogP contribution is -2.50.